The summed E-state index contributed by atoms with van der Waals surface area (Å²) in [7, 11) is 0. The molecule has 1 amide bonds. The van der Waals surface area contributed by atoms with Gasteiger partial charge < -0.3 is 14.2 Å². The van der Waals surface area contributed by atoms with Crippen LogP contribution in [0.15, 0.2) is 65.8 Å². The Hall–Kier alpha value is -4.11. The summed E-state index contributed by atoms with van der Waals surface area (Å²) in [6.45, 7) is 0.319. The number of nitro benzene ring substituents is 1. The summed E-state index contributed by atoms with van der Waals surface area (Å²) in [4.78, 5) is 23.0. The molecule has 0 aliphatic carbocycles. The van der Waals surface area contributed by atoms with Crippen LogP contribution in [0.4, 0.5) is 5.69 Å². The number of carbonyl (C=O) groups excluding carboxylic acids is 1. The summed E-state index contributed by atoms with van der Waals surface area (Å²) in [5.41, 5.74) is 3.56. The molecule has 0 spiro atoms. The number of ether oxygens (including phenoxy) is 3. The van der Waals surface area contributed by atoms with E-state index in [0.717, 1.165) is 5.56 Å². The molecule has 1 aliphatic heterocycles. The molecule has 0 saturated heterocycles. The van der Waals surface area contributed by atoms with E-state index in [9.17, 15) is 14.9 Å². The molecule has 1 aliphatic rings. The third-order valence-corrected chi connectivity index (χ3v) is 4.78. The van der Waals surface area contributed by atoms with Gasteiger partial charge in [-0.3, -0.25) is 14.9 Å². The average Bonchev–Trinajstić information content (AvgIpc) is 3.26. The molecule has 10 heteroatoms. The van der Waals surface area contributed by atoms with Crippen LogP contribution in [-0.2, 0) is 6.61 Å². The van der Waals surface area contributed by atoms with E-state index in [-0.39, 0.29) is 23.8 Å². The highest BCUT2D eigenvalue weighted by molar-refractivity contribution is 6.30. The third-order valence-electron chi connectivity index (χ3n) is 4.52. The number of hydrogen-bond donors (Lipinski definition) is 1. The van der Waals surface area contributed by atoms with Gasteiger partial charge in [-0.05, 0) is 48.0 Å². The van der Waals surface area contributed by atoms with E-state index in [4.69, 9.17) is 25.8 Å². The lowest BCUT2D eigenvalue weighted by molar-refractivity contribution is -0.385. The second-order valence-corrected chi connectivity index (χ2v) is 7.10. The molecule has 0 atom stereocenters. The Bertz CT molecular complexity index is 1180. The standard InChI is InChI=1S/C22H16ClN3O6/c23-17-5-7-18(8-6-17)30-12-14-1-3-15(4-2-14)22(27)25-24-11-16-9-20-21(32-13-31-20)10-19(16)26(28)29/h1-11H,12-13H2,(H,25,27)/b24-11+. The minimum Gasteiger partial charge on any atom is -0.489 e. The molecule has 0 bridgehead atoms. The quantitative estimate of drug-likeness (QED) is 0.324. The smallest absolute Gasteiger partial charge is 0.282 e. The molecule has 1 N–H and O–H groups in total. The Morgan fingerprint density at radius 3 is 2.50 bits per heavy atom. The van der Waals surface area contributed by atoms with Gasteiger partial charge in [0, 0.05) is 10.6 Å². The van der Waals surface area contributed by atoms with Gasteiger partial charge in [0.25, 0.3) is 11.6 Å². The zero-order valence-electron chi connectivity index (χ0n) is 16.5. The zero-order valence-corrected chi connectivity index (χ0v) is 17.2. The number of amides is 1. The van der Waals surface area contributed by atoms with Crippen LogP contribution in [0, 0.1) is 10.1 Å². The number of benzene rings is 3. The van der Waals surface area contributed by atoms with Crippen molar-refractivity contribution >= 4 is 29.4 Å². The summed E-state index contributed by atoms with van der Waals surface area (Å²) >= 11 is 5.85. The number of rotatable bonds is 7. The van der Waals surface area contributed by atoms with Gasteiger partial charge >= 0.3 is 0 Å². The van der Waals surface area contributed by atoms with Gasteiger partial charge in [-0.25, -0.2) is 5.43 Å². The predicted octanol–water partition coefficient (Wildman–Crippen LogP) is 4.32. The fourth-order valence-corrected chi connectivity index (χ4v) is 3.01. The molecule has 3 aromatic carbocycles. The highest BCUT2D eigenvalue weighted by atomic mass is 35.5. The largest absolute Gasteiger partial charge is 0.489 e. The van der Waals surface area contributed by atoms with Crippen molar-refractivity contribution < 1.29 is 23.9 Å². The molecule has 0 fully saturated rings. The molecule has 32 heavy (non-hydrogen) atoms. The van der Waals surface area contributed by atoms with Crippen molar-refractivity contribution in [1.82, 2.24) is 5.43 Å². The van der Waals surface area contributed by atoms with E-state index in [1.54, 1.807) is 48.5 Å². The summed E-state index contributed by atoms with van der Waals surface area (Å²) in [6.07, 6.45) is 1.19. The van der Waals surface area contributed by atoms with Crippen molar-refractivity contribution in [2.24, 2.45) is 5.10 Å². The molecule has 3 aromatic rings. The predicted molar refractivity (Wildman–Crippen MR) is 117 cm³/mol. The first-order valence-electron chi connectivity index (χ1n) is 9.38. The number of nitrogens with one attached hydrogen (secondary N) is 1. The Labute approximate surface area is 187 Å². The molecule has 9 nitrogen and oxygen atoms in total. The molecule has 0 radical (unpaired) electrons. The van der Waals surface area contributed by atoms with Gasteiger partial charge in [0.2, 0.25) is 6.79 Å². The number of hydrazone groups is 1. The van der Waals surface area contributed by atoms with E-state index in [1.807, 2.05) is 0 Å². The Balaban J connectivity index is 1.36. The van der Waals surface area contributed by atoms with Crippen molar-refractivity contribution in [2.45, 2.75) is 6.61 Å². The van der Waals surface area contributed by atoms with Crippen molar-refractivity contribution in [3.63, 3.8) is 0 Å². The molecule has 0 saturated carbocycles. The normalized spacial score (nSPS) is 12.0. The minimum absolute atomic E-state index is 0.00937. The first-order chi connectivity index (χ1) is 15.5. The lowest BCUT2D eigenvalue weighted by Crippen LogP contribution is -2.17. The molecular weight excluding hydrogens is 438 g/mol. The zero-order chi connectivity index (χ0) is 22.5. The third kappa shape index (κ3) is 4.96. The fraction of sp³-hybridized carbons (Fsp3) is 0.0909. The Kier molecular flexibility index (Phi) is 6.18. The highest BCUT2D eigenvalue weighted by Crippen LogP contribution is 2.37. The molecule has 162 valence electrons. The van der Waals surface area contributed by atoms with Crippen molar-refractivity contribution in [1.29, 1.82) is 0 Å². The SMILES string of the molecule is O=C(N/N=C/c1cc2c(cc1[N+](=O)[O-])OCO2)c1ccc(COc2ccc(Cl)cc2)cc1. The minimum atomic E-state index is -0.560. The van der Waals surface area contributed by atoms with E-state index in [2.05, 4.69) is 10.5 Å². The maximum atomic E-state index is 12.3. The summed E-state index contributed by atoms with van der Waals surface area (Å²) < 4.78 is 16.0. The number of nitro groups is 1. The van der Waals surface area contributed by atoms with Gasteiger partial charge in [-0.1, -0.05) is 23.7 Å². The molecular formula is C22H16ClN3O6. The molecule has 0 aromatic heterocycles. The summed E-state index contributed by atoms with van der Waals surface area (Å²) in [6, 6.07) is 16.5. The second kappa shape index (κ2) is 9.36. The van der Waals surface area contributed by atoms with Crippen LogP contribution in [0.25, 0.3) is 0 Å². The lowest BCUT2D eigenvalue weighted by Gasteiger charge is -2.07. The maximum Gasteiger partial charge on any atom is 0.282 e. The summed E-state index contributed by atoms with van der Waals surface area (Å²) in [5, 5.41) is 15.7. The molecule has 4 rings (SSSR count). The average molecular weight is 454 g/mol. The second-order valence-electron chi connectivity index (χ2n) is 6.66. The number of halogens is 1. The van der Waals surface area contributed by atoms with Crippen LogP contribution < -0.4 is 19.6 Å². The molecule has 1 heterocycles. The van der Waals surface area contributed by atoms with Gasteiger partial charge in [0.1, 0.15) is 12.4 Å². The van der Waals surface area contributed by atoms with Gasteiger partial charge in [0.05, 0.1) is 22.8 Å². The van der Waals surface area contributed by atoms with Crippen LogP contribution in [0.1, 0.15) is 21.5 Å². The topological polar surface area (TPSA) is 112 Å². The monoisotopic (exact) mass is 453 g/mol. The van der Waals surface area contributed by atoms with Crippen molar-refractivity contribution in [3.8, 4) is 17.2 Å². The first-order valence-corrected chi connectivity index (χ1v) is 9.76. The van der Waals surface area contributed by atoms with E-state index in [0.29, 0.717) is 28.7 Å². The van der Waals surface area contributed by atoms with Crippen LogP contribution in [0.2, 0.25) is 5.02 Å². The first kappa shape index (κ1) is 21.1. The number of nitrogens with zero attached hydrogens (tertiary/aromatic N) is 2. The van der Waals surface area contributed by atoms with Crippen LogP contribution in [-0.4, -0.2) is 23.8 Å². The highest BCUT2D eigenvalue weighted by Gasteiger charge is 2.22. The van der Waals surface area contributed by atoms with Crippen molar-refractivity contribution in [3.05, 3.63) is 92.5 Å². The fourth-order valence-electron chi connectivity index (χ4n) is 2.88. The van der Waals surface area contributed by atoms with Gasteiger partial charge in [-0.15, -0.1) is 0 Å². The van der Waals surface area contributed by atoms with Crippen LogP contribution in [0.5, 0.6) is 17.2 Å². The molecule has 0 unspecified atom stereocenters. The summed E-state index contributed by atoms with van der Waals surface area (Å²) in [5.74, 6) is 0.885. The number of hydrogen-bond acceptors (Lipinski definition) is 7. The maximum absolute atomic E-state index is 12.3. The van der Waals surface area contributed by atoms with Gasteiger partial charge in [0.15, 0.2) is 11.5 Å². The lowest BCUT2D eigenvalue weighted by atomic mass is 10.1. The Morgan fingerprint density at radius 1 is 1.12 bits per heavy atom. The van der Waals surface area contributed by atoms with E-state index >= 15 is 0 Å². The van der Waals surface area contributed by atoms with E-state index < -0.39 is 10.8 Å². The van der Waals surface area contributed by atoms with Crippen LogP contribution >= 0.6 is 11.6 Å². The van der Waals surface area contributed by atoms with E-state index in [1.165, 1.54) is 18.3 Å². The number of carbonyl (C=O) groups is 1. The van der Waals surface area contributed by atoms with Crippen molar-refractivity contribution in [2.75, 3.05) is 6.79 Å². The van der Waals surface area contributed by atoms with Gasteiger partial charge in [-0.2, -0.15) is 5.10 Å². The number of fused-ring (bicyclic) bond motifs is 1. The van der Waals surface area contributed by atoms with Crippen LogP contribution in [0.3, 0.4) is 0 Å². The Morgan fingerprint density at radius 2 is 1.81 bits per heavy atom.